The van der Waals surface area contributed by atoms with Crippen molar-refractivity contribution >= 4 is 17.3 Å². The number of nitrogens with zero attached hydrogens (tertiary/aromatic N) is 1. The molecule has 0 aliphatic carbocycles. The van der Waals surface area contributed by atoms with E-state index in [4.69, 9.17) is 26.3 Å². The van der Waals surface area contributed by atoms with Crippen LogP contribution in [-0.2, 0) is 15.9 Å². The van der Waals surface area contributed by atoms with Gasteiger partial charge in [0.2, 0.25) is 0 Å². The average molecular weight is 341 g/mol. The third kappa shape index (κ3) is 2.65. The highest BCUT2D eigenvalue weighted by atomic mass is 35.5. The van der Waals surface area contributed by atoms with Gasteiger partial charge in [0.25, 0.3) is 0 Å². The third-order valence-electron chi connectivity index (χ3n) is 4.57. The van der Waals surface area contributed by atoms with Gasteiger partial charge in [-0.15, -0.1) is 0 Å². The lowest BCUT2D eigenvalue weighted by Crippen LogP contribution is -2.43. The van der Waals surface area contributed by atoms with Gasteiger partial charge in [-0.1, -0.05) is 35.9 Å². The Hall–Kier alpha value is -2.06. The van der Waals surface area contributed by atoms with Crippen LogP contribution in [0.4, 0.5) is 5.69 Å². The van der Waals surface area contributed by atoms with Gasteiger partial charge in [0.15, 0.2) is 0 Å². The van der Waals surface area contributed by atoms with Gasteiger partial charge in [0, 0.05) is 16.3 Å². The maximum atomic E-state index is 8.94. The van der Waals surface area contributed by atoms with Gasteiger partial charge in [-0.2, -0.15) is 5.26 Å². The Kier molecular flexibility index (Phi) is 4.15. The van der Waals surface area contributed by atoms with Crippen molar-refractivity contribution in [2.24, 2.45) is 0 Å². The fourth-order valence-corrected chi connectivity index (χ4v) is 3.74. The van der Waals surface area contributed by atoms with E-state index in [2.05, 4.69) is 11.4 Å². The summed E-state index contributed by atoms with van der Waals surface area (Å²) in [6.07, 6.45) is 0.0813. The highest BCUT2D eigenvalue weighted by Crippen LogP contribution is 2.45. The fourth-order valence-electron chi connectivity index (χ4n) is 3.49. The Morgan fingerprint density at radius 1 is 1.12 bits per heavy atom. The second-order valence-electron chi connectivity index (χ2n) is 6.03. The van der Waals surface area contributed by atoms with Crippen molar-refractivity contribution in [2.75, 3.05) is 18.5 Å². The molecule has 2 aliphatic heterocycles. The number of hydrogen-bond donors (Lipinski definition) is 1. The third-order valence-corrected chi connectivity index (χ3v) is 4.92. The molecule has 24 heavy (non-hydrogen) atoms. The van der Waals surface area contributed by atoms with Crippen LogP contribution in [0.3, 0.4) is 0 Å². The minimum Gasteiger partial charge on any atom is -0.375 e. The van der Waals surface area contributed by atoms with Crippen LogP contribution in [0, 0.1) is 11.3 Å². The summed E-state index contributed by atoms with van der Waals surface area (Å²) in [5.41, 5.74) is 4.05. The van der Waals surface area contributed by atoms with Crippen LogP contribution in [0.15, 0.2) is 42.5 Å². The molecule has 1 N–H and O–H groups in total. The fraction of sp³-hybridized carbons (Fsp3) is 0.316. The number of fused-ring (bicyclic) bond motifs is 3. The van der Waals surface area contributed by atoms with E-state index in [-0.39, 0.29) is 18.2 Å². The monoisotopic (exact) mass is 340 g/mol. The van der Waals surface area contributed by atoms with Gasteiger partial charge in [0.1, 0.15) is 12.2 Å². The van der Waals surface area contributed by atoms with Crippen LogP contribution in [-0.4, -0.2) is 19.3 Å². The van der Waals surface area contributed by atoms with Crippen LogP contribution >= 0.6 is 11.6 Å². The van der Waals surface area contributed by atoms with Gasteiger partial charge < -0.3 is 14.8 Å². The number of nitrogens with one attached hydrogen (secondary N) is 1. The molecule has 2 unspecified atom stereocenters. The van der Waals surface area contributed by atoms with Gasteiger partial charge in [-0.05, 0) is 29.3 Å². The first-order valence-corrected chi connectivity index (χ1v) is 8.39. The number of halogens is 1. The lowest BCUT2D eigenvalue weighted by molar-refractivity contribution is -0.151. The molecule has 0 radical (unpaired) electrons. The Labute approximate surface area is 146 Å². The van der Waals surface area contributed by atoms with Gasteiger partial charge in [-0.25, -0.2) is 0 Å². The molecular formula is C19H17ClN2O2. The second kappa shape index (κ2) is 6.45. The molecule has 0 bridgehead atoms. The molecular weight excluding hydrogens is 324 g/mol. The molecule has 0 aromatic heterocycles. The second-order valence-corrected chi connectivity index (χ2v) is 6.43. The summed E-state index contributed by atoms with van der Waals surface area (Å²) in [4.78, 5) is 0. The van der Waals surface area contributed by atoms with E-state index in [0.29, 0.717) is 24.7 Å². The summed E-state index contributed by atoms with van der Waals surface area (Å²) in [5, 5.41) is 13.2. The normalized spacial score (nSPS) is 25.1. The van der Waals surface area contributed by atoms with Crippen LogP contribution in [0.1, 0.15) is 28.8 Å². The molecule has 0 saturated carbocycles. The number of rotatable bonds is 2. The molecule has 2 heterocycles. The lowest BCUT2D eigenvalue weighted by atomic mass is 9.86. The summed E-state index contributed by atoms with van der Waals surface area (Å²) in [6.45, 7) is 1.13. The molecule has 3 atom stereocenters. The van der Waals surface area contributed by atoms with E-state index >= 15 is 0 Å². The molecule has 2 aromatic rings. The first kappa shape index (κ1) is 15.5. The predicted molar refractivity (Wildman–Crippen MR) is 92.0 cm³/mol. The largest absolute Gasteiger partial charge is 0.375 e. The number of anilines is 1. The molecule has 0 amide bonds. The predicted octanol–water partition coefficient (Wildman–Crippen LogP) is 4.03. The standard InChI is InChI=1S/C19H17ClN2O2/c20-15-4-2-1-3-13(15)17-19-18(23-9-10-24-19)14-11-12(7-8-21)5-6-16(14)22-17/h1-6,11,17-19,22H,7,9-10H2/t17-,18?,19?/m0/s1. The van der Waals surface area contributed by atoms with Crippen molar-refractivity contribution in [3.05, 3.63) is 64.2 Å². The maximum absolute atomic E-state index is 8.94. The first-order valence-electron chi connectivity index (χ1n) is 8.02. The van der Waals surface area contributed by atoms with Gasteiger partial charge >= 0.3 is 0 Å². The molecule has 4 nitrogen and oxygen atoms in total. The molecule has 1 saturated heterocycles. The van der Waals surface area contributed by atoms with Crippen LogP contribution in [0.25, 0.3) is 0 Å². The van der Waals surface area contributed by atoms with Crippen molar-refractivity contribution in [2.45, 2.75) is 24.7 Å². The molecule has 122 valence electrons. The van der Waals surface area contributed by atoms with E-state index in [1.54, 1.807) is 0 Å². The van der Waals surface area contributed by atoms with Crippen molar-refractivity contribution < 1.29 is 9.47 Å². The molecule has 4 rings (SSSR count). The van der Waals surface area contributed by atoms with Crippen molar-refractivity contribution in [1.29, 1.82) is 5.26 Å². The highest BCUT2D eigenvalue weighted by Gasteiger charge is 2.41. The summed E-state index contributed by atoms with van der Waals surface area (Å²) >= 11 is 6.41. The van der Waals surface area contributed by atoms with E-state index < -0.39 is 0 Å². The zero-order valence-corrected chi connectivity index (χ0v) is 13.8. The summed E-state index contributed by atoms with van der Waals surface area (Å²) < 4.78 is 12.1. The number of hydrogen-bond acceptors (Lipinski definition) is 4. The highest BCUT2D eigenvalue weighted by molar-refractivity contribution is 6.31. The van der Waals surface area contributed by atoms with Crippen molar-refractivity contribution in [3.63, 3.8) is 0 Å². The molecule has 2 aliphatic rings. The van der Waals surface area contributed by atoms with Gasteiger partial charge in [-0.3, -0.25) is 0 Å². The molecule has 1 fully saturated rings. The molecule has 2 aromatic carbocycles. The molecule has 5 heteroatoms. The van der Waals surface area contributed by atoms with E-state index in [0.717, 1.165) is 22.4 Å². The minimum absolute atomic E-state index is 0.0710. The van der Waals surface area contributed by atoms with E-state index in [9.17, 15) is 0 Å². The summed E-state index contributed by atoms with van der Waals surface area (Å²) in [6, 6.07) is 16.0. The maximum Gasteiger partial charge on any atom is 0.113 e. The first-order chi connectivity index (χ1) is 11.8. The Morgan fingerprint density at radius 3 is 2.79 bits per heavy atom. The smallest absolute Gasteiger partial charge is 0.113 e. The Bertz CT molecular complexity index is 802. The SMILES string of the molecule is N#CCc1ccc2c(c1)C1OCCOC1[C@H](c1ccccc1Cl)N2. The van der Waals surface area contributed by atoms with Crippen LogP contribution in [0.5, 0.6) is 0 Å². The van der Waals surface area contributed by atoms with Gasteiger partial charge in [0.05, 0.1) is 31.7 Å². The van der Waals surface area contributed by atoms with Crippen molar-refractivity contribution in [1.82, 2.24) is 0 Å². The Balaban J connectivity index is 1.77. The van der Waals surface area contributed by atoms with E-state index in [1.807, 2.05) is 42.5 Å². The summed E-state index contributed by atoms with van der Waals surface area (Å²) in [7, 11) is 0. The van der Waals surface area contributed by atoms with Crippen LogP contribution < -0.4 is 5.32 Å². The number of benzene rings is 2. The quantitative estimate of drug-likeness (QED) is 0.896. The number of ether oxygens (including phenoxy) is 2. The number of nitriles is 1. The molecule has 0 spiro atoms. The van der Waals surface area contributed by atoms with Crippen molar-refractivity contribution in [3.8, 4) is 6.07 Å². The Morgan fingerprint density at radius 2 is 1.96 bits per heavy atom. The van der Waals surface area contributed by atoms with E-state index in [1.165, 1.54) is 0 Å². The zero-order valence-electron chi connectivity index (χ0n) is 13.0. The average Bonchev–Trinajstić information content (AvgIpc) is 2.62. The lowest BCUT2D eigenvalue weighted by Gasteiger charge is -2.43. The minimum atomic E-state index is -0.157. The topological polar surface area (TPSA) is 54.3 Å². The van der Waals surface area contributed by atoms with Crippen LogP contribution in [0.2, 0.25) is 5.02 Å². The summed E-state index contributed by atoms with van der Waals surface area (Å²) in [5.74, 6) is 0. The zero-order chi connectivity index (χ0) is 16.5.